The Balaban J connectivity index is 2.06. The summed E-state index contributed by atoms with van der Waals surface area (Å²) in [5, 5.41) is 3.74. The fourth-order valence-electron chi connectivity index (χ4n) is 2.32. The van der Waals surface area contributed by atoms with E-state index < -0.39 is 0 Å². The molecule has 5 nitrogen and oxygen atoms in total. The van der Waals surface area contributed by atoms with Crippen LogP contribution in [0.4, 0.5) is 0 Å². The summed E-state index contributed by atoms with van der Waals surface area (Å²) in [7, 11) is 4.66. The predicted octanol–water partition coefficient (Wildman–Crippen LogP) is 3.88. The van der Waals surface area contributed by atoms with Gasteiger partial charge in [-0.25, -0.2) is 0 Å². The van der Waals surface area contributed by atoms with Gasteiger partial charge in [-0.05, 0) is 23.8 Å². The van der Waals surface area contributed by atoms with Crippen molar-refractivity contribution < 1.29 is 19.0 Å². The van der Waals surface area contributed by atoms with E-state index in [1.165, 1.54) is 0 Å². The van der Waals surface area contributed by atoms with E-state index in [9.17, 15) is 4.79 Å². The molecule has 2 aromatic carbocycles. The van der Waals surface area contributed by atoms with E-state index in [0.717, 1.165) is 11.1 Å². The molecule has 0 heterocycles. The number of hydrogen-bond acceptors (Lipinski definition) is 4. The molecule has 0 aliphatic rings. The molecule has 1 amide bonds. The third kappa shape index (κ3) is 4.94. The Morgan fingerprint density at radius 3 is 2.16 bits per heavy atom. The minimum atomic E-state index is -0.143. The molecule has 2 aromatic rings. The van der Waals surface area contributed by atoms with Crippen LogP contribution in [-0.2, 0) is 17.8 Å². The zero-order chi connectivity index (χ0) is 18.4. The fraction of sp³-hybridized carbons (Fsp3) is 0.278. The molecule has 0 unspecified atom stereocenters. The Bertz CT molecular complexity index is 765. The molecule has 134 valence electrons. The van der Waals surface area contributed by atoms with Gasteiger partial charge in [-0.1, -0.05) is 29.3 Å². The van der Waals surface area contributed by atoms with Crippen molar-refractivity contribution in [3.63, 3.8) is 0 Å². The zero-order valence-electron chi connectivity index (χ0n) is 14.2. The topological polar surface area (TPSA) is 56.8 Å². The van der Waals surface area contributed by atoms with Gasteiger partial charge in [-0.2, -0.15) is 0 Å². The van der Waals surface area contributed by atoms with E-state index >= 15 is 0 Å². The number of rotatable bonds is 7. The second-order valence-electron chi connectivity index (χ2n) is 5.22. The third-order valence-electron chi connectivity index (χ3n) is 3.61. The maximum absolute atomic E-state index is 12.2. The van der Waals surface area contributed by atoms with Gasteiger partial charge in [-0.15, -0.1) is 0 Å². The van der Waals surface area contributed by atoms with Crippen LogP contribution < -0.4 is 19.5 Å². The molecule has 0 aliphatic heterocycles. The van der Waals surface area contributed by atoms with Gasteiger partial charge in [0.15, 0.2) is 11.5 Å². The Morgan fingerprint density at radius 2 is 1.56 bits per heavy atom. The number of benzene rings is 2. The van der Waals surface area contributed by atoms with Gasteiger partial charge in [0.1, 0.15) is 5.75 Å². The number of hydrogen-bond donors (Lipinski definition) is 1. The summed E-state index contributed by atoms with van der Waals surface area (Å²) < 4.78 is 15.9. The van der Waals surface area contributed by atoms with Crippen LogP contribution in [0.15, 0.2) is 30.3 Å². The zero-order valence-corrected chi connectivity index (χ0v) is 15.7. The van der Waals surface area contributed by atoms with Crippen molar-refractivity contribution >= 4 is 29.1 Å². The Labute approximate surface area is 156 Å². The second kappa shape index (κ2) is 8.83. The van der Waals surface area contributed by atoms with Crippen LogP contribution >= 0.6 is 23.2 Å². The van der Waals surface area contributed by atoms with Crippen LogP contribution in [0.5, 0.6) is 17.2 Å². The molecule has 0 fully saturated rings. The standard InChI is InChI=1S/C18H19Cl2NO4/c1-23-15-9-17(25-3)16(24-2)8-12(15)10-21-18(22)7-11-4-5-13(19)14(20)6-11/h4-6,8-9H,7,10H2,1-3H3,(H,21,22). The molecule has 0 radical (unpaired) electrons. The van der Waals surface area contributed by atoms with E-state index in [1.54, 1.807) is 51.7 Å². The molecular formula is C18H19Cl2NO4. The van der Waals surface area contributed by atoms with Crippen LogP contribution in [0.1, 0.15) is 11.1 Å². The highest BCUT2D eigenvalue weighted by molar-refractivity contribution is 6.42. The fourth-order valence-corrected chi connectivity index (χ4v) is 2.64. The van der Waals surface area contributed by atoms with Crippen LogP contribution in [0, 0.1) is 0 Å². The molecule has 0 aromatic heterocycles. The Morgan fingerprint density at radius 1 is 0.920 bits per heavy atom. The van der Waals surface area contributed by atoms with Gasteiger partial charge < -0.3 is 19.5 Å². The largest absolute Gasteiger partial charge is 0.496 e. The van der Waals surface area contributed by atoms with Crippen molar-refractivity contribution in [1.29, 1.82) is 0 Å². The second-order valence-corrected chi connectivity index (χ2v) is 6.04. The van der Waals surface area contributed by atoms with Gasteiger partial charge in [0.25, 0.3) is 0 Å². The maximum atomic E-state index is 12.2. The third-order valence-corrected chi connectivity index (χ3v) is 4.35. The molecule has 0 aliphatic carbocycles. The lowest BCUT2D eigenvalue weighted by Crippen LogP contribution is -2.24. The molecule has 0 spiro atoms. The van der Waals surface area contributed by atoms with Crippen molar-refractivity contribution in [2.45, 2.75) is 13.0 Å². The summed E-state index contributed by atoms with van der Waals surface area (Å²) in [5.41, 5.74) is 1.56. The SMILES string of the molecule is COc1cc(OC)c(OC)cc1CNC(=O)Cc1ccc(Cl)c(Cl)c1. The van der Waals surface area contributed by atoms with Crippen molar-refractivity contribution in [2.75, 3.05) is 21.3 Å². The molecule has 0 bridgehead atoms. The number of methoxy groups -OCH3 is 3. The Kier molecular flexibility index (Phi) is 6.79. The van der Waals surface area contributed by atoms with Crippen molar-refractivity contribution in [3.8, 4) is 17.2 Å². The molecule has 7 heteroatoms. The first-order chi connectivity index (χ1) is 12.0. The molecule has 25 heavy (non-hydrogen) atoms. The highest BCUT2D eigenvalue weighted by atomic mass is 35.5. The molecule has 0 saturated heterocycles. The number of carbonyl (C=O) groups excluding carboxylic acids is 1. The molecular weight excluding hydrogens is 365 g/mol. The normalized spacial score (nSPS) is 10.3. The van der Waals surface area contributed by atoms with Crippen LogP contribution in [-0.4, -0.2) is 27.2 Å². The molecule has 0 atom stereocenters. The van der Waals surface area contributed by atoms with Gasteiger partial charge >= 0.3 is 0 Å². The van der Waals surface area contributed by atoms with Gasteiger partial charge in [0.05, 0.1) is 37.8 Å². The first-order valence-electron chi connectivity index (χ1n) is 7.48. The number of carbonyl (C=O) groups is 1. The summed E-state index contributed by atoms with van der Waals surface area (Å²) >= 11 is 11.8. The molecule has 1 N–H and O–H groups in total. The molecule has 2 rings (SSSR count). The minimum absolute atomic E-state index is 0.143. The summed E-state index contributed by atoms with van der Waals surface area (Å²) in [6.45, 7) is 0.295. The highest BCUT2D eigenvalue weighted by Crippen LogP contribution is 2.34. The van der Waals surface area contributed by atoms with E-state index in [1.807, 2.05) is 0 Å². The number of amides is 1. The quantitative estimate of drug-likeness (QED) is 0.787. The Hall–Kier alpha value is -2.11. The summed E-state index contributed by atoms with van der Waals surface area (Å²) in [6.07, 6.45) is 0.201. The summed E-state index contributed by atoms with van der Waals surface area (Å²) in [4.78, 5) is 12.2. The first-order valence-corrected chi connectivity index (χ1v) is 8.23. The lowest BCUT2D eigenvalue weighted by molar-refractivity contribution is -0.120. The van der Waals surface area contributed by atoms with Crippen LogP contribution in [0.25, 0.3) is 0 Å². The summed E-state index contributed by atoms with van der Waals surface area (Å²) in [6, 6.07) is 8.62. The predicted molar refractivity (Wildman–Crippen MR) is 98.1 cm³/mol. The van der Waals surface area contributed by atoms with Crippen LogP contribution in [0.3, 0.4) is 0 Å². The van der Waals surface area contributed by atoms with E-state index in [4.69, 9.17) is 37.4 Å². The van der Waals surface area contributed by atoms with Crippen molar-refractivity contribution in [3.05, 3.63) is 51.5 Å². The number of nitrogens with one attached hydrogen (secondary N) is 1. The van der Waals surface area contributed by atoms with Crippen LogP contribution in [0.2, 0.25) is 10.0 Å². The van der Waals surface area contributed by atoms with Gasteiger partial charge in [0, 0.05) is 18.2 Å². The average Bonchev–Trinajstić information content (AvgIpc) is 2.62. The number of ether oxygens (including phenoxy) is 3. The highest BCUT2D eigenvalue weighted by Gasteiger charge is 2.13. The average molecular weight is 384 g/mol. The number of halogens is 2. The van der Waals surface area contributed by atoms with E-state index in [2.05, 4.69) is 5.32 Å². The molecule has 0 saturated carbocycles. The van der Waals surface area contributed by atoms with E-state index in [0.29, 0.717) is 33.8 Å². The van der Waals surface area contributed by atoms with Gasteiger partial charge in [0.2, 0.25) is 5.91 Å². The van der Waals surface area contributed by atoms with Crippen molar-refractivity contribution in [1.82, 2.24) is 5.32 Å². The minimum Gasteiger partial charge on any atom is -0.496 e. The van der Waals surface area contributed by atoms with E-state index in [-0.39, 0.29) is 12.3 Å². The van der Waals surface area contributed by atoms with Gasteiger partial charge in [-0.3, -0.25) is 4.79 Å². The first kappa shape index (κ1) is 19.2. The lowest BCUT2D eigenvalue weighted by atomic mass is 10.1. The lowest BCUT2D eigenvalue weighted by Gasteiger charge is -2.14. The smallest absolute Gasteiger partial charge is 0.224 e. The maximum Gasteiger partial charge on any atom is 0.224 e. The monoisotopic (exact) mass is 383 g/mol. The summed E-state index contributed by atoms with van der Waals surface area (Å²) in [5.74, 6) is 1.59. The van der Waals surface area contributed by atoms with Crippen molar-refractivity contribution in [2.24, 2.45) is 0 Å².